The first-order chi connectivity index (χ1) is 7.02. The Morgan fingerprint density at radius 3 is 2.33 bits per heavy atom. The van der Waals surface area contributed by atoms with Crippen molar-refractivity contribution < 1.29 is 9.90 Å². The third kappa shape index (κ3) is 3.43. The van der Waals surface area contributed by atoms with Crippen molar-refractivity contribution in [2.45, 2.75) is 12.3 Å². The van der Waals surface area contributed by atoms with Crippen LogP contribution >= 0.6 is 23.2 Å². The SMILES string of the molecule is N#CC(CC(=O)O)c1cc(Cl)cc(Cl)c1. The fourth-order valence-electron chi connectivity index (χ4n) is 1.19. The van der Waals surface area contributed by atoms with E-state index in [1.165, 1.54) is 6.07 Å². The van der Waals surface area contributed by atoms with Crippen LogP contribution in [0.3, 0.4) is 0 Å². The minimum absolute atomic E-state index is 0.257. The van der Waals surface area contributed by atoms with Crippen molar-refractivity contribution in [3.63, 3.8) is 0 Å². The highest BCUT2D eigenvalue weighted by Crippen LogP contribution is 2.26. The molecule has 0 saturated carbocycles. The number of hydrogen-bond donors (Lipinski definition) is 1. The Hall–Kier alpha value is -1.24. The average molecular weight is 244 g/mol. The third-order valence-corrected chi connectivity index (χ3v) is 2.26. The maximum absolute atomic E-state index is 10.5. The van der Waals surface area contributed by atoms with Gasteiger partial charge in [0.25, 0.3) is 0 Å². The molecule has 0 aliphatic carbocycles. The minimum atomic E-state index is -1.03. The van der Waals surface area contributed by atoms with Gasteiger partial charge in [-0.1, -0.05) is 23.2 Å². The summed E-state index contributed by atoms with van der Waals surface area (Å²) < 4.78 is 0. The van der Waals surface area contributed by atoms with Gasteiger partial charge in [0.1, 0.15) is 0 Å². The molecule has 0 aromatic heterocycles. The molecule has 3 nitrogen and oxygen atoms in total. The van der Waals surface area contributed by atoms with Crippen LogP contribution in [0.25, 0.3) is 0 Å². The summed E-state index contributed by atoms with van der Waals surface area (Å²) in [5, 5.41) is 18.2. The van der Waals surface area contributed by atoms with Gasteiger partial charge in [0.15, 0.2) is 0 Å². The number of nitriles is 1. The Morgan fingerprint density at radius 1 is 1.40 bits per heavy atom. The second kappa shape index (κ2) is 5.01. The Balaban J connectivity index is 3.02. The quantitative estimate of drug-likeness (QED) is 0.888. The Morgan fingerprint density at radius 2 is 1.93 bits per heavy atom. The molecule has 0 radical (unpaired) electrons. The smallest absolute Gasteiger partial charge is 0.305 e. The van der Waals surface area contributed by atoms with E-state index in [9.17, 15) is 4.79 Å². The number of aliphatic carboxylic acids is 1. The maximum atomic E-state index is 10.5. The molecule has 1 aromatic carbocycles. The lowest BCUT2D eigenvalue weighted by atomic mass is 9.97. The van der Waals surface area contributed by atoms with E-state index in [0.717, 1.165) is 0 Å². The average Bonchev–Trinajstić information content (AvgIpc) is 2.12. The Labute approximate surface area is 96.8 Å². The zero-order valence-electron chi connectivity index (χ0n) is 7.58. The molecule has 0 aliphatic heterocycles. The summed E-state index contributed by atoms with van der Waals surface area (Å²) in [5.41, 5.74) is 0.525. The molecule has 0 bridgehead atoms. The van der Waals surface area contributed by atoms with E-state index in [1.54, 1.807) is 12.1 Å². The number of nitrogens with zero attached hydrogens (tertiary/aromatic N) is 1. The van der Waals surface area contributed by atoms with Crippen molar-refractivity contribution >= 4 is 29.2 Å². The van der Waals surface area contributed by atoms with E-state index in [4.69, 9.17) is 33.6 Å². The first-order valence-electron chi connectivity index (χ1n) is 4.10. The molecule has 1 rings (SSSR count). The number of carboxylic acids is 1. The first kappa shape index (κ1) is 11.8. The molecular formula is C10H7Cl2NO2. The molecule has 1 atom stereocenters. The van der Waals surface area contributed by atoms with Crippen LogP contribution in [0.15, 0.2) is 18.2 Å². The van der Waals surface area contributed by atoms with Crippen molar-refractivity contribution in [3.8, 4) is 6.07 Å². The summed E-state index contributed by atoms with van der Waals surface area (Å²) in [7, 11) is 0. The van der Waals surface area contributed by atoms with Gasteiger partial charge in [-0.2, -0.15) is 5.26 Å². The molecule has 1 unspecified atom stereocenters. The first-order valence-corrected chi connectivity index (χ1v) is 4.86. The molecule has 0 heterocycles. The lowest BCUT2D eigenvalue weighted by Crippen LogP contribution is -2.04. The summed E-state index contributed by atoms with van der Waals surface area (Å²) in [6.07, 6.45) is -0.257. The van der Waals surface area contributed by atoms with E-state index in [2.05, 4.69) is 0 Å². The van der Waals surface area contributed by atoms with Crippen molar-refractivity contribution in [1.29, 1.82) is 5.26 Å². The van der Waals surface area contributed by atoms with Gasteiger partial charge in [0.2, 0.25) is 0 Å². The molecule has 0 amide bonds. The number of hydrogen-bond acceptors (Lipinski definition) is 2. The standard InChI is InChI=1S/C10H7Cl2NO2/c11-8-1-6(2-9(12)4-8)7(5-13)3-10(14)15/h1-2,4,7H,3H2,(H,14,15). The Bertz CT molecular complexity index is 406. The maximum Gasteiger partial charge on any atom is 0.305 e. The van der Waals surface area contributed by atoms with Crippen molar-refractivity contribution in [2.24, 2.45) is 0 Å². The van der Waals surface area contributed by atoms with Crippen molar-refractivity contribution in [3.05, 3.63) is 33.8 Å². The van der Waals surface area contributed by atoms with Crippen LogP contribution in [-0.4, -0.2) is 11.1 Å². The predicted molar refractivity (Wildman–Crippen MR) is 57.1 cm³/mol. The van der Waals surface area contributed by atoms with Crippen LogP contribution in [0.4, 0.5) is 0 Å². The van der Waals surface area contributed by atoms with Gasteiger partial charge in [0, 0.05) is 10.0 Å². The lowest BCUT2D eigenvalue weighted by Gasteiger charge is -2.07. The molecule has 0 saturated heterocycles. The summed E-state index contributed by atoms with van der Waals surface area (Å²) in [6, 6.07) is 6.53. The summed E-state index contributed by atoms with van der Waals surface area (Å²) in [4.78, 5) is 10.5. The predicted octanol–water partition coefficient (Wildman–Crippen LogP) is 3.08. The number of benzene rings is 1. The van der Waals surface area contributed by atoms with E-state index < -0.39 is 11.9 Å². The van der Waals surface area contributed by atoms with Gasteiger partial charge < -0.3 is 5.11 Å². The van der Waals surface area contributed by atoms with Gasteiger partial charge >= 0.3 is 5.97 Å². The van der Waals surface area contributed by atoms with Crippen molar-refractivity contribution in [2.75, 3.05) is 0 Å². The van der Waals surface area contributed by atoms with Crippen LogP contribution in [0.1, 0.15) is 17.9 Å². The summed E-state index contributed by atoms with van der Waals surface area (Å²) >= 11 is 11.5. The molecule has 0 spiro atoms. The highest BCUT2D eigenvalue weighted by molar-refractivity contribution is 6.34. The number of rotatable bonds is 3. The number of halogens is 2. The van der Waals surface area contributed by atoms with Crippen LogP contribution in [-0.2, 0) is 4.79 Å². The second-order valence-electron chi connectivity index (χ2n) is 2.98. The van der Waals surface area contributed by atoms with Crippen LogP contribution in [0.5, 0.6) is 0 Å². The van der Waals surface area contributed by atoms with Crippen molar-refractivity contribution in [1.82, 2.24) is 0 Å². The van der Waals surface area contributed by atoms with Crippen LogP contribution in [0.2, 0.25) is 10.0 Å². The van der Waals surface area contributed by atoms with Gasteiger partial charge in [-0.3, -0.25) is 4.79 Å². The van der Waals surface area contributed by atoms with E-state index in [-0.39, 0.29) is 6.42 Å². The monoisotopic (exact) mass is 243 g/mol. The summed E-state index contributed by atoms with van der Waals surface area (Å²) in [5.74, 6) is -1.75. The highest BCUT2D eigenvalue weighted by atomic mass is 35.5. The molecule has 1 N–H and O–H groups in total. The zero-order chi connectivity index (χ0) is 11.4. The number of carboxylic acid groups (broad SMARTS) is 1. The number of carbonyl (C=O) groups is 1. The molecule has 1 aromatic rings. The Kier molecular flexibility index (Phi) is 3.96. The molecule has 5 heteroatoms. The highest BCUT2D eigenvalue weighted by Gasteiger charge is 2.15. The van der Waals surface area contributed by atoms with Crippen LogP contribution in [0, 0.1) is 11.3 Å². The fourth-order valence-corrected chi connectivity index (χ4v) is 1.73. The fraction of sp³-hybridized carbons (Fsp3) is 0.200. The van der Waals surface area contributed by atoms with Crippen LogP contribution < -0.4 is 0 Å². The lowest BCUT2D eigenvalue weighted by molar-refractivity contribution is -0.137. The minimum Gasteiger partial charge on any atom is -0.481 e. The molecular weight excluding hydrogens is 237 g/mol. The largest absolute Gasteiger partial charge is 0.481 e. The van der Waals surface area contributed by atoms with E-state index in [1.807, 2.05) is 6.07 Å². The van der Waals surface area contributed by atoms with Gasteiger partial charge in [-0.05, 0) is 23.8 Å². The molecule has 78 valence electrons. The van der Waals surface area contributed by atoms with Gasteiger partial charge in [-0.15, -0.1) is 0 Å². The molecule has 0 fully saturated rings. The second-order valence-corrected chi connectivity index (χ2v) is 3.86. The van der Waals surface area contributed by atoms with E-state index in [0.29, 0.717) is 15.6 Å². The third-order valence-electron chi connectivity index (χ3n) is 1.82. The van der Waals surface area contributed by atoms with Gasteiger partial charge in [0.05, 0.1) is 18.4 Å². The topological polar surface area (TPSA) is 61.1 Å². The van der Waals surface area contributed by atoms with Gasteiger partial charge in [-0.25, -0.2) is 0 Å². The molecule has 0 aliphatic rings. The molecule has 15 heavy (non-hydrogen) atoms. The summed E-state index contributed by atoms with van der Waals surface area (Å²) in [6.45, 7) is 0. The zero-order valence-corrected chi connectivity index (χ0v) is 9.09. The normalized spacial score (nSPS) is 11.8. The van der Waals surface area contributed by atoms with E-state index >= 15 is 0 Å².